The van der Waals surface area contributed by atoms with E-state index in [1.54, 1.807) is 0 Å². The highest BCUT2D eigenvalue weighted by Gasteiger charge is 2.21. The zero-order valence-electron chi connectivity index (χ0n) is 16.9. The molecule has 0 N–H and O–H groups in total. The Hall–Kier alpha value is -3.11. The molecular formula is C25H23ClN4. The van der Waals surface area contributed by atoms with Gasteiger partial charge in [0.1, 0.15) is 5.82 Å². The van der Waals surface area contributed by atoms with Crippen LogP contribution in [0.25, 0.3) is 22.3 Å². The second-order valence-electron chi connectivity index (χ2n) is 7.71. The minimum Gasteiger partial charge on any atom is -0.368 e. The molecule has 1 fully saturated rings. The van der Waals surface area contributed by atoms with Crippen molar-refractivity contribution in [3.05, 3.63) is 83.4 Å². The van der Waals surface area contributed by atoms with Gasteiger partial charge in [0, 0.05) is 47.8 Å². The Kier molecular flexibility index (Phi) is 5.01. The van der Waals surface area contributed by atoms with E-state index in [-0.39, 0.29) is 0 Å². The van der Waals surface area contributed by atoms with Gasteiger partial charge in [-0.05, 0) is 37.3 Å². The quantitative estimate of drug-likeness (QED) is 0.437. The lowest BCUT2D eigenvalue weighted by atomic mass is 10.1. The average molecular weight is 415 g/mol. The van der Waals surface area contributed by atoms with Crippen LogP contribution in [0.5, 0.6) is 0 Å². The second-order valence-corrected chi connectivity index (χ2v) is 8.14. The molecule has 1 aliphatic rings. The van der Waals surface area contributed by atoms with Crippen LogP contribution in [0.15, 0.2) is 72.8 Å². The van der Waals surface area contributed by atoms with Crippen molar-refractivity contribution in [2.45, 2.75) is 6.92 Å². The predicted octanol–water partition coefficient (Wildman–Crippen LogP) is 5.59. The molecule has 4 nitrogen and oxygen atoms in total. The third-order valence-electron chi connectivity index (χ3n) is 5.65. The molecule has 0 aliphatic carbocycles. The molecule has 1 aliphatic heterocycles. The van der Waals surface area contributed by atoms with E-state index >= 15 is 0 Å². The van der Waals surface area contributed by atoms with Gasteiger partial charge in [-0.25, -0.2) is 9.97 Å². The summed E-state index contributed by atoms with van der Waals surface area (Å²) in [4.78, 5) is 14.6. The SMILES string of the molecule is Cc1ccc(-c2nc(N3CCN(c4cccc(Cl)c4)CC3)c3ccccc3n2)cc1. The molecule has 3 aromatic carbocycles. The van der Waals surface area contributed by atoms with E-state index in [2.05, 4.69) is 65.3 Å². The van der Waals surface area contributed by atoms with Gasteiger partial charge in [0.2, 0.25) is 0 Å². The van der Waals surface area contributed by atoms with Crippen LogP contribution in [0.2, 0.25) is 5.02 Å². The third-order valence-corrected chi connectivity index (χ3v) is 5.88. The van der Waals surface area contributed by atoms with Crippen molar-refractivity contribution in [1.82, 2.24) is 9.97 Å². The maximum atomic E-state index is 6.19. The summed E-state index contributed by atoms with van der Waals surface area (Å²) in [5, 5.41) is 1.88. The Morgan fingerprint density at radius 3 is 2.27 bits per heavy atom. The lowest BCUT2D eigenvalue weighted by molar-refractivity contribution is 0.649. The van der Waals surface area contributed by atoms with E-state index in [1.807, 2.05) is 24.3 Å². The summed E-state index contributed by atoms with van der Waals surface area (Å²) in [6.07, 6.45) is 0. The number of halogens is 1. The van der Waals surface area contributed by atoms with Gasteiger partial charge in [-0.1, -0.05) is 59.6 Å². The summed E-state index contributed by atoms with van der Waals surface area (Å²) in [5.41, 5.74) is 4.44. The molecule has 0 amide bonds. The third kappa shape index (κ3) is 3.71. The zero-order valence-corrected chi connectivity index (χ0v) is 17.7. The van der Waals surface area contributed by atoms with E-state index in [0.29, 0.717) is 0 Å². The Morgan fingerprint density at radius 2 is 1.50 bits per heavy atom. The maximum Gasteiger partial charge on any atom is 0.162 e. The number of aryl methyl sites for hydroxylation is 1. The molecule has 0 atom stereocenters. The molecule has 150 valence electrons. The number of aromatic nitrogens is 2. The van der Waals surface area contributed by atoms with Crippen LogP contribution in [0.4, 0.5) is 11.5 Å². The molecule has 0 spiro atoms. The monoisotopic (exact) mass is 414 g/mol. The van der Waals surface area contributed by atoms with Crippen LogP contribution in [0, 0.1) is 6.92 Å². The lowest BCUT2D eigenvalue weighted by Crippen LogP contribution is -2.47. The highest BCUT2D eigenvalue weighted by atomic mass is 35.5. The van der Waals surface area contributed by atoms with Crippen LogP contribution in [-0.2, 0) is 0 Å². The minimum atomic E-state index is 0.777. The molecule has 30 heavy (non-hydrogen) atoms. The van der Waals surface area contributed by atoms with Crippen molar-refractivity contribution in [1.29, 1.82) is 0 Å². The number of nitrogens with zero attached hydrogens (tertiary/aromatic N) is 4. The van der Waals surface area contributed by atoms with Crippen LogP contribution in [0.1, 0.15) is 5.56 Å². The van der Waals surface area contributed by atoms with E-state index in [4.69, 9.17) is 21.6 Å². The zero-order chi connectivity index (χ0) is 20.5. The molecular weight excluding hydrogens is 392 g/mol. The minimum absolute atomic E-state index is 0.777. The fourth-order valence-electron chi connectivity index (χ4n) is 3.98. The number of para-hydroxylation sites is 1. The van der Waals surface area contributed by atoms with Crippen molar-refractivity contribution in [3.63, 3.8) is 0 Å². The van der Waals surface area contributed by atoms with E-state index in [9.17, 15) is 0 Å². The summed E-state index contributed by atoms with van der Waals surface area (Å²) < 4.78 is 0. The highest BCUT2D eigenvalue weighted by Crippen LogP contribution is 2.29. The Morgan fingerprint density at radius 1 is 0.767 bits per heavy atom. The Labute approximate surface area is 181 Å². The van der Waals surface area contributed by atoms with E-state index in [0.717, 1.165) is 59.3 Å². The lowest BCUT2D eigenvalue weighted by Gasteiger charge is -2.37. The Balaban J connectivity index is 1.47. The predicted molar refractivity (Wildman–Crippen MR) is 126 cm³/mol. The molecule has 0 saturated carbocycles. The van der Waals surface area contributed by atoms with Gasteiger partial charge in [-0.3, -0.25) is 0 Å². The number of anilines is 2. The van der Waals surface area contributed by atoms with Gasteiger partial charge < -0.3 is 9.80 Å². The standard InChI is InChI=1S/C25H23ClN4/c1-18-9-11-19(12-10-18)24-27-23-8-3-2-7-22(23)25(28-24)30-15-13-29(14-16-30)21-6-4-5-20(26)17-21/h2-12,17H,13-16H2,1H3. The number of rotatable bonds is 3. The Bertz CT molecular complexity index is 1180. The first kappa shape index (κ1) is 18.9. The van der Waals surface area contributed by atoms with Crippen molar-refractivity contribution in [2.75, 3.05) is 36.0 Å². The van der Waals surface area contributed by atoms with Gasteiger partial charge in [-0.15, -0.1) is 0 Å². The summed E-state index contributed by atoms with van der Waals surface area (Å²) in [7, 11) is 0. The first-order chi connectivity index (χ1) is 14.7. The summed E-state index contributed by atoms with van der Waals surface area (Å²) in [5.74, 6) is 1.79. The molecule has 2 heterocycles. The molecule has 5 heteroatoms. The molecule has 0 unspecified atom stereocenters. The van der Waals surface area contributed by atoms with Gasteiger partial charge in [0.05, 0.1) is 5.52 Å². The fourth-order valence-corrected chi connectivity index (χ4v) is 4.17. The van der Waals surface area contributed by atoms with Gasteiger partial charge in [0.25, 0.3) is 0 Å². The van der Waals surface area contributed by atoms with Crippen molar-refractivity contribution < 1.29 is 0 Å². The normalized spacial score (nSPS) is 14.3. The summed E-state index contributed by atoms with van der Waals surface area (Å²) in [6.45, 7) is 5.76. The largest absolute Gasteiger partial charge is 0.368 e. The average Bonchev–Trinajstić information content (AvgIpc) is 2.79. The van der Waals surface area contributed by atoms with Crippen molar-refractivity contribution in [2.24, 2.45) is 0 Å². The van der Waals surface area contributed by atoms with Crippen LogP contribution >= 0.6 is 11.6 Å². The van der Waals surface area contributed by atoms with E-state index < -0.39 is 0 Å². The number of piperazine rings is 1. The molecule has 1 aromatic heterocycles. The van der Waals surface area contributed by atoms with Crippen molar-refractivity contribution in [3.8, 4) is 11.4 Å². The second kappa shape index (κ2) is 7.96. The topological polar surface area (TPSA) is 32.3 Å². The maximum absolute atomic E-state index is 6.19. The number of fused-ring (bicyclic) bond motifs is 1. The van der Waals surface area contributed by atoms with Gasteiger partial charge >= 0.3 is 0 Å². The molecule has 5 rings (SSSR count). The fraction of sp³-hybridized carbons (Fsp3) is 0.200. The van der Waals surface area contributed by atoms with Crippen LogP contribution < -0.4 is 9.80 Å². The van der Waals surface area contributed by atoms with Crippen LogP contribution in [-0.4, -0.2) is 36.1 Å². The molecule has 1 saturated heterocycles. The first-order valence-corrected chi connectivity index (χ1v) is 10.6. The highest BCUT2D eigenvalue weighted by molar-refractivity contribution is 6.30. The van der Waals surface area contributed by atoms with Gasteiger partial charge in [0.15, 0.2) is 5.82 Å². The number of hydrogen-bond donors (Lipinski definition) is 0. The smallest absolute Gasteiger partial charge is 0.162 e. The molecule has 4 aromatic rings. The first-order valence-electron chi connectivity index (χ1n) is 10.3. The number of benzene rings is 3. The van der Waals surface area contributed by atoms with E-state index in [1.165, 1.54) is 11.3 Å². The van der Waals surface area contributed by atoms with Gasteiger partial charge in [-0.2, -0.15) is 0 Å². The molecule has 0 radical (unpaired) electrons. The van der Waals surface area contributed by atoms with Crippen molar-refractivity contribution >= 4 is 34.0 Å². The van der Waals surface area contributed by atoms with Crippen LogP contribution in [0.3, 0.4) is 0 Å². The summed E-state index contributed by atoms with van der Waals surface area (Å²) in [6, 6.07) is 24.8. The number of hydrogen-bond acceptors (Lipinski definition) is 4. The molecule has 0 bridgehead atoms. The summed E-state index contributed by atoms with van der Waals surface area (Å²) >= 11 is 6.19.